The first-order chi connectivity index (χ1) is 7.40. The van der Waals surface area contributed by atoms with Crippen molar-refractivity contribution in [3.8, 4) is 6.07 Å². The lowest BCUT2D eigenvalue weighted by molar-refractivity contribution is -0.487. The molecule has 5 heteroatoms. The average Bonchev–Trinajstić information content (AvgIpc) is 2.31. The molecule has 0 unspecified atom stereocenters. The Morgan fingerprint density at radius 3 is 2.56 bits per heavy atom. The Hall–Kier alpha value is -1.96. The second-order valence-electron chi connectivity index (χ2n) is 2.95. The van der Waals surface area contributed by atoms with Gasteiger partial charge in [-0.05, 0) is 18.2 Å². The molecular formula is C11H9ClN4. The van der Waals surface area contributed by atoms with Gasteiger partial charge < -0.3 is 12.4 Å². The molecule has 0 saturated carbocycles. The molecule has 0 radical (unpaired) electrons. The van der Waals surface area contributed by atoms with E-state index in [1.165, 1.54) is 0 Å². The molecule has 2 heterocycles. The predicted molar refractivity (Wildman–Crippen MR) is 54.4 cm³/mol. The van der Waals surface area contributed by atoms with Gasteiger partial charge in [-0.25, -0.2) is 15.3 Å². The molecule has 2 aromatic heterocycles. The lowest BCUT2D eigenvalue weighted by Gasteiger charge is -1.98. The zero-order valence-corrected chi connectivity index (χ0v) is 9.09. The molecule has 0 spiro atoms. The fourth-order valence-electron chi connectivity index (χ4n) is 1.23. The van der Waals surface area contributed by atoms with Crippen molar-refractivity contribution in [3.05, 3.63) is 48.3 Å². The van der Waals surface area contributed by atoms with Crippen LogP contribution >= 0.6 is 0 Å². The second kappa shape index (κ2) is 5.81. The van der Waals surface area contributed by atoms with Crippen molar-refractivity contribution in [3.63, 3.8) is 0 Å². The molecule has 2 aromatic rings. The van der Waals surface area contributed by atoms with Crippen LogP contribution in [0, 0.1) is 11.3 Å². The van der Waals surface area contributed by atoms with Gasteiger partial charge in [0.2, 0.25) is 11.6 Å². The van der Waals surface area contributed by atoms with Crippen molar-refractivity contribution >= 4 is 11.6 Å². The van der Waals surface area contributed by atoms with Gasteiger partial charge in [0.1, 0.15) is 11.6 Å². The summed E-state index contributed by atoms with van der Waals surface area (Å²) < 4.78 is 0. The zero-order valence-electron chi connectivity index (χ0n) is 8.34. The van der Waals surface area contributed by atoms with E-state index in [1.54, 1.807) is 29.8 Å². The first-order valence-corrected chi connectivity index (χ1v) is 4.51. The average molecular weight is 233 g/mol. The Labute approximate surface area is 99.4 Å². The minimum atomic E-state index is 0. The summed E-state index contributed by atoms with van der Waals surface area (Å²) in [5, 5.41) is 10.7. The van der Waals surface area contributed by atoms with Crippen molar-refractivity contribution in [2.75, 3.05) is 0 Å². The lowest BCUT2D eigenvalue weighted by Crippen LogP contribution is -3.00. The SMILES string of the molecule is N#Cc1cccnc1[NH2+]c1ccccn1.[Cl-]. The minimum Gasteiger partial charge on any atom is -1.00 e. The molecule has 2 rings (SSSR count). The molecule has 16 heavy (non-hydrogen) atoms. The smallest absolute Gasteiger partial charge is 0.248 e. The lowest BCUT2D eigenvalue weighted by atomic mass is 10.3. The standard InChI is InChI=1S/C11H8N4.ClH/c12-8-9-4-3-7-14-11(9)15-10-5-1-2-6-13-10;/h1-7H,(H,13,14,15);1H. The fraction of sp³-hybridized carbons (Fsp3) is 0. The Bertz CT molecular complexity index is 493. The number of aromatic nitrogens is 2. The van der Waals surface area contributed by atoms with Gasteiger partial charge in [0.15, 0.2) is 0 Å². The maximum Gasteiger partial charge on any atom is 0.248 e. The van der Waals surface area contributed by atoms with E-state index in [0.717, 1.165) is 5.82 Å². The van der Waals surface area contributed by atoms with Crippen molar-refractivity contribution in [2.45, 2.75) is 0 Å². The van der Waals surface area contributed by atoms with Gasteiger partial charge in [-0.2, -0.15) is 5.26 Å². The van der Waals surface area contributed by atoms with Crippen molar-refractivity contribution < 1.29 is 17.7 Å². The minimum absolute atomic E-state index is 0. The van der Waals surface area contributed by atoms with Crippen LogP contribution in [0.15, 0.2) is 42.7 Å². The van der Waals surface area contributed by atoms with E-state index in [9.17, 15) is 0 Å². The van der Waals surface area contributed by atoms with Crippen LogP contribution in [0.3, 0.4) is 0 Å². The van der Waals surface area contributed by atoms with Gasteiger partial charge in [-0.3, -0.25) is 0 Å². The Morgan fingerprint density at radius 1 is 1.06 bits per heavy atom. The third kappa shape index (κ3) is 2.76. The van der Waals surface area contributed by atoms with Crippen LogP contribution in [0.5, 0.6) is 0 Å². The van der Waals surface area contributed by atoms with E-state index in [1.807, 2.05) is 18.2 Å². The number of rotatable bonds is 2. The van der Waals surface area contributed by atoms with Crippen LogP contribution in [-0.2, 0) is 0 Å². The normalized spacial score (nSPS) is 8.94. The highest BCUT2D eigenvalue weighted by Gasteiger charge is 2.07. The Balaban J connectivity index is 0.00000128. The Kier molecular flexibility index (Phi) is 4.40. The largest absolute Gasteiger partial charge is 1.00 e. The van der Waals surface area contributed by atoms with Crippen molar-refractivity contribution in [1.29, 1.82) is 5.26 Å². The molecule has 0 amide bonds. The first kappa shape index (κ1) is 12.1. The number of nitriles is 1. The quantitative estimate of drug-likeness (QED) is 0.644. The summed E-state index contributed by atoms with van der Waals surface area (Å²) in [7, 11) is 0. The summed E-state index contributed by atoms with van der Waals surface area (Å²) in [6, 6.07) is 11.2. The molecule has 0 aliphatic rings. The number of halogens is 1. The van der Waals surface area contributed by atoms with Crippen LogP contribution in [0.2, 0.25) is 0 Å². The zero-order chi connectivity index (χ0) is 10.5. The third-order valence-electron chi connectivity index (χ3n) is 1.93. The maximum absolute atomic E-state index is 8.87. The molecule has 0 aliphatic heterocycles. The number of hydrogen-bond acceptors (Lipinski definition) is 3. The monoisotopic (exact) mass is 232 g/mol. The fourth-order valence-corrected chi connectivity index (χ4v) is 1.23. The van der Waals surface area contributed by atoms with Crippen LogP contribution in [-0.4, -0.2) is 9.97 Å². The molecular weight excluding hydrogens is 224 g/mol. The van der Waals surface area contributed by atoms with E-state index in [0.29, 0.717) is 11.4 Å². The molecule has 4 nitrogen and oxygen atoms in total. The van der Waals surface area contributed by atoms with Crippen molar-refractivity contribution in [1.82, 2.24) is 9.97 Å². The molecule has 2 N–H and O–H groups in total. The Morgan fingerprint density at radius 2 is 1.88 bits per heavy atom. The van der Waals surface area contributed by atoms with Crippen molar-refractivity contribution in [2.24, 2.45) is 0 Å². The van der Waals surface area contributed by atoms with E-state index >= 15 is 0 Å². The summed E-state index contributed by atoms with van der Waals surface area (Å²) in [6.07, 6.45) is 3.37. The van der Waals surface area contributed by atoms with E-state index < -0.39 is 0 Å². The summed E-state index contributed by atoms with van der Waals surface area (Å²) in [5.74, 6) is 1.45. The van der Waals surface area contributed by atoms with Crippen LogP contribution in [0.1, 0.15) is 5.56 Å². The number of pyridine rings is 2. The number of quaternary nitrogens is 1. The van der Waals surface area contributed by atoms with Crippen LogP contribution in [0.4, 0.5) is 11.6 Å². The molecule has 80 valence electrons. The van der Waals surface area contributed by atoms with Gasteiger partial charge >= 0.3 is 0 Å². The third-order valence-corrected chi connectivity index (χ3v) is 1.93. The van der Waals surface area contributed by atoms with Gasteiger partial charge in [-0.1, -0.05) is 6.07 Å². The molecule has 0 atom stereocenters. The highest BCUT2D eigenvalue weighted by atomic mass is 35.5. The van der Waals surface area contributed by atoms with Gasteiger partial charge in [0.05, 0.1) is 0 Å². The van der Waals surface area contributed by atoms with E-state index in [4.69, 9.17) is 5.26 Å². The summed E-state index contributed by atoms with van der Waals surface area (Å²) in [6.45, 7) is 0. The second-order valence-corrected chi connectivity index (χ2v) is 2.95. The highest BCUT2D eigenvalue weighted by molar-refractivity contribution is 5.42. The van der Waals surface area contributed by atoms with Gasteiger partial charge in [0.25, 0.3) is 0 Å². The predicted octanol–water partition coefficient (Wildman–Crippen LogP) is -2.12. The summed E-state index contributed by atoms with van der Waals surface area (Å²) in [4.78, 5) is 8.27. The summed E-state index contributed by atoms with van der Waals surface area (Å²) in [5.41, 5.74) is 0.558. The van der Waals surface area contributed by atoms with E-state index in [2.05, 4.69) is 16.0 Å². The number of nitrogens with zero attached hydrogens (tertiary/aromatic N) is 3. The number of nitrogens with two attached hydrogens (primary N) is 1. The molecule has 0 aromatic carbocycles. The highest BCUT2D eigenvalue weighted by Crippen LogP contribution is 2.04. The number of hydrogen-bond donors (Lipinski definition) is 1. The summed E-state index contributed by atoms with van der Waals surface area (Å²) >= 11 is 0. The molecule has 0 fully saturated rings. The van der Waals surface area contributed by atoms with Gasteiger partial charge in [0, 0.05) is 18.5 Å². The maximum atomic E-state index is 8.87. The van der Waals surface area contributed by atoms with Crippen LogP contribution in [0.25, 0.3) is 0 Å². The van der Waals surface area contributed by atoms with Crippen LogP contribution < -0.4 is 17.7 Å². The van der Waals surface area contributed by atoms with E-state index in [-0.39, 0.29) is 12.4 Å². The molecule has 0 bridgehead atoms. The van der Waals surface area contributed by atoms with Gasteiger partial charge in [-0.15, -0.1) is 0 Å². The molecule has 0 saturated heterocycles. The molecule has 0 aliphatic carbocycles. The topological polar surface area (TPSA) is 66.2 Å². The first-order valence-electron chi connectivity index (χ1n) is 4.51.